The summed E-state index contributed by atoms with van der Waals surface area (Å²) >= 11 is 0. The Kier molecular flexibility index (Phi) is 31.9. The minimum atomic E-state index is -1.97. The number of aliphatic carboxylic acids is 2. The molecule has 32 heteroatoms. The maximum Gasteiger partial charge on any atom is 0.326 e. The van der Waals surface area contributed by atoms with Crippen molar-refractivity contribution in [3.05, 3.63) is 0 Å². The second-order valence-corrected chi connectivity index (χ2v) is 18.2. The number of rotatable bonds is 37. The summed E-state index contributed by atoms with van der Waals surface area (Å²) in [5.41, 5.74) is 38.2. The molecule has 0 saturated heterocycles. The highest BCUT2D eigenvalue weighted by molar-refractivity contribution is 5.99. The summed E-state index contributed by atoms with van der Waals surface area (Å²) in [7, 11) is 0. The number of amides is 8. The first-order valence-corrected chi connectivity index (χ1v) is 24.0. The predicted octanol–water partition coefficient (Wildman–Crippen LogP) is -7.99. The van der Waals surface area contributed by atoms with Crippen LogP contribution in [0.1, 0.15) is 92.4 Å². The van der Waals surface area contributed by atoms with E-state index in [4.69, 9.17) is 40.1 Å². The van der Waals surface area contributed by atoms with Gasteiger partial charge in [-0.25, -0.2) is 4.79 Å². The molecule has 0 radical (unpaired) electrons. The second-order valence-electron chi connectivity index (χ2n) is 18.2. The van der Waals surface area contributed by atoms with Crippen LogP contribution in [0.3, 0.4) is 0 Å². The lowest BCUT2D eigenvalue weighted by Crippen LogP contribution is -2.61. The van der Waals surface area contributed by atoms with E-state index in [2.05, 4.69) is 57.5 Å². The van der Waals surface area contributed by atoms with Gasteiger partial charge in [-0.15, -0.1) is 0 Å². The Morgan fingerprint density at radius 3 is 1.12 bits per heavy atom. The molecule has 9 atom stereocenters. The normalized spacial score (nSPS) is 14.5. The molecule has 0 fully saturated rings. The maximum atomic E-state index is 14.1. The minimum absolute atomic E-state index is 0.00575. The average Bonchev–Trinajstić information content (AvgIpc) is 3.30. The van der Waals surface area contributed by atoms with Crippen LogP contribution >= 0.6 is 0 Å². The number of carboxylic acid groups (broad SMARTS) is 2. The molecule has 75 heavy (non-hydrogen) atoms. The van der Waals surface area contributed by atoms with Gasteiger partial charge in [-0.3, -0.25) is 58.1 Å². The molecule has 32 nitrogen and oxygen atoms in total. The molecule has 0 aromatic rings. The van der Waals surface area contributed by atoms with Crippen molar-refractivity contribution in [2.24, 2.45) is 66.9 Å². The van der Waals surface area contributed by atoms with Crippen molar-refractivity contribution in [1.82, 2.24) is 42.5 Å². The number of aliphatic hydroxyl groups is 2. The largest absolute Gasteiger partial charge is 0.481 e. The Morgan fingerprint density at radius 2 is 0.733 bits per heavy atom. The van der Waals surface area contributed by atoms with Gasteiger partial charge in [0, 0.05) is 19.6 Å². The quantitative estimate of drug-likeness (QED) is 0.0156. The fourth-order valence-corrected chi connectivity index (χ4v) is 6.71. The Labute approximate surface area is 433 Å². The van der Waals surface area contributed by atoms with E-state index in [0.717, 1.165) is 0 Å². The van der Waals surface area contributed by atoms with Crippen LogP contribution in [-0.2, 0) is 47.9 Å². The molecule has 0 spiro atoms. The number of hydrogen-bond donors (Lipinski definition) is 19. The number of nitrogens with one attached hydrogen (secondary N) is 8. The standard InChI is InChI=1S/C43H80N18O14/c1-20(2)15-23(44)33(67)60-30(19-63)39(73)56-25(10-7-13-52-42(47)48)34(68)58-27(16-21(3)4)36(70)55-24(9-6-12-51-41(45)46)35(69)59-28(17-31(64)65)37(71)61-29(18-62)38(72)54-22(5)32(66)57-26(40(74)75)11-8-14-53-43(49)50/h20-30,62-63H,6-19,44H2,1-5H3,(H,54,72)(H,55,70)(H,56,73)(H,57,66)(H,58,68)(H,59,69)(H,60,67)(H,61,71)(H,64,65)(H,74,75)(H4,45,46,51)(H4,47,48,52)(H4,49,50,53)/t22-,23-,24-,25-,26-,27-,28-,29-,30-/m0/s1. The maximum absolute atomic E-state index is 14.1. The van der Waals surface area contributed by atoms with E-state index in [1.807, 2.05) is 13.8 Å². The molecule has 0 aliphatic rings. The minimum Gasteiger partial charge on any atom is -0.481 e. The highest BCUT2D eigenvalue weighted by Gasteiger charge is 2.35. The van der Waals surface area contributed by atoms with Gasteiger partial charge in [0.1, 0.15) is 48.3 Å². The van der Waals surface area contributed by atoms with E-state index in [9.17, 15) is 68.4 Å². The molecule has 0 saturated carbocycles. The Hall–Kier alpha value is -7.61. The van der Waals surface area contributed by atoms with Crippen molar-refractivity contribution >= 4 is 77.1 Å². The van der Waals surface area contributed by atoms with Crippen LogP contribution < -0.4 is 82.7 Å². The molecule has 0 aliphatic heterocycles. The van der Waals surface area contributed by atoms with Gasteiger partial charge in [0.2, 0.25) is 47.3 Å². The number of nitrogens with zero attached hydrogens (tertiary/aromatic N) is 3. The van der Waals surface area contributed by atoms with Crippen LogP contribution in [0, 0.1) is 11.8 Å². The van der Waals surface area contributed by atoms with Gasteiger partial charge in [0.05, 0.1) is 25.7 Å². The summed E-state index contributed by atoms with van der Waals surface area (Å²) in [4.78, 5) is 143. The van der Waals surface area contributed by atoms with Gasteiger partial charge in [-0.2, -0.15) is 0 Å². The second kappa shape index (κ2) is 35.5. The van der Waals surface area contributed by atoms with E-state index >= 15 is 0 Å². The fraction of sp³-hybridized carbons (Fsp3) is 0.698. The van der Waals surface area contributed by atoms with Gasteiger partial charge >= 0.3 is 11.9 Å². The molecule has 0 heterocycles. The molecule has 0 aromatic carbocycles. The Morgan fingerprint density at radius 1 is 0.413 bits per heavy atom. The number of guanidine groups is 3. The molecule has 0 unspecified atom stereocenters. The SMILES string of the molecule is CC(C)C[C@H](NC(=O)[C@H](CCCN=C(N)N)NC(=O)[C@H](CO)NC(=O)[C@@H](N)CC(C)C)C(=O)N[C@@H](CCCN=C(N)N)C(=O)N[C@@H](CC(=O)O)C(=O)N[C@@H](CO)C(=O)N[C@@H](C)C(=O)N[C@@H](CCCN=C(N)N)C(=O)O. The highest BCUT2D eigenvalue weighted by Crippen LogP contribution is 2.11. The number of aliphatic imine (C=N–C) groups is 3. The Bertz CT molecular complexity index is 2010. The van der Waals surface area contributed by atoms with Crippen LogP contribution in [0.25, 0.3) is 0 Å². The fourth-order valence-electron chi connectivity index (χ4n) is 6.71. The van der Waals surface area contributed by atoms with Gasteiger partial charge in [-0.05, 0) is 70.1 Å². The lowest BCUT2D eigenvalue weighted by atomic mass is 10.0. The van der Waals surface area contributed by atoms with E-state index in [1.54, 1.807) is 13.8 Å². The topological polar surface area (TPSA) is 567 Å². The summed E-state index contributed by atoms with van der Waals surface area (Å²) in [5.74, 6) is -12.3. The lowest BCUT2D eigenvalue weighted by molar-refractivity contribution is -0.142. The van der Waals surface area contributed by atoms with Crippen molar-refractivity contribution in [3.63, 3.8) is 0 Å². The van der Waals surface area contributed by atoms with Crippen molar-refractivity contribution in [2.75, 3.05) is 32.8 Å². The molecular weight excluding hydrogens is 993 g/mol. The number of carboxylic acids is 2. The van der Waals surface area contributed by atoms with Crippen LogP contribution in [0.5, 0.6) is 0 Å². The zero-order chi connectivity index (χ0) is 57.5. The smallest absolute Gasteiger partial charge is 0.326 e. The lowest BCUT2D eigenvalue weighted by Gasteiger charge is -2.28. The number of carbonyl (C=O) groups excluding carboxylic acids is 8. The van der Waals surface area contributed by atoms with E-state index in [1.165, 1.54) is 6.92 Å². The zero-order valence-electron chi connectivity index (χ0n) is 43.0. The first-order valence-electron chi connectivity index (χ1n) is 24.0. The molecule has 8 amide bonds. The summed E-state index contributed by atoms with van der Waals surface area (Å²) in [6, 6.07) is -13.7. The number of carbonyl (C=O) groups is 10. The first-order chi connectivity index (χ1) is 35.0. The number of aliphatic hydroxyl groups excluding tert-OH is 2. The molecule has 0 aliphatic carbocycles. The number of nitrogens with two attached hydrogens (primary N) is 7. The van der Waals surface area contributed by atoms with Crippen LogP contribution in [0.15, 0.2) is 15.0 Å². The number of hydrogen-bond acceptors (Lipinski definition) is 16. The molecule has 0 rings (SSSR count). The van der Waals surface area contributed by atoms with E-state index in [-0.39, 0.29) is 101 Å². The van der Waals surface area contributed by atoms with Crippen LogP contribution in [-0.4, -0.2) is 185 Å². The predicted molar refractivity (Wildman–Crippen MR) is 272 cm³/mol. The van der Waals surface area contributed by atoms with Gasteiger partial charge in [-0.1, -0.05) is 27.7 Å². The Balaban J connectivity index is 6.59. The molecule has 426 valence electrons. The molecular formula is C43H80N18O14. The van der Waals surface area contributed by atoms with Crippen LogP contribution in [0.2, 0.25) is 0 Å². The zero-order valence-corrected chi connectivity index (χ0v) is 43.0. The summed E-state index contributed by atoms with van der Waals surface area (Å²) in [5, 5.41) is 58.0. The van der Waals surface area contributed by atoms with E-state index in [0.29, 0.717) is 0 Å². The van der Waals surface area contributed by atoms with Gasteiger partial charge < -0.3 is 103 Å². The average molecular weight is 1070 g/mol. The van der Waals surface area contributed by atoms with Crippen LogP contribution in [0.4, 0.5) is 0 Å². The molecule has 0 aromatic heterocycles. The first kappa shape index (κ1) is 67.4. The van der Waals surface area contributed by atoms with Crippen molar-refractivity contribution < 1.29 is 68.4 Å². The van der Waals surface area contributed by atoms with Gasteiger partial charge in [0.15, 0.2) is 17.9 Å². The highest BCUT2D eigenvalue weighted by atomic mass is 16.4. The summed E-state index contributed by atoms with van der Waals surface area (Å²) in [6.45, 7) is 6.24. The molecule has 0 bridgehead atoms. The third-order valence-electron chi connectivity index (χ3n) is 10.5. The molecule has 26 N–H and O–H groups in total. The van der Waals surface area contributed by atoms with Gasteiger partial charge in [0.25, 0.3) is 0 Å². The third-order valence-corrected chi connectivity index (χ3v) is 10.5. The van der Waals surface area contributed by atoms with Crippen molar-refractivity contribution in [2.45, 2.75) is 147 Å². The van der Waals surface area contributed by atoms with Crippen molar-refractivity contribution in [1.29, 1.82) is 0 Å². The van der Waals surface area contributed by atoms with E-state index < -0.39 is 133 Å². The summed E-state index contributed by atoms with van der Waals surface area (Å²) in [6.07, 6.45) is -1.11. The summed E-state index contributed by atoms with van der Waals surface area (Å²) < 4.78 is 0. The van der Waals surface area contributed by atoms with Crippen molar-refractivity contribution in [3.8, 4) is 0 Å². The monoisotopic (exact) mass is 1070 g/mol. The third kappa shape index (κ3) is 29.0.